The lowest BCUT2D eigenvalue weighted by Crippen LogP contribution is -2.13. The number of fused-ring (bicyclic) bond motifs is 1. The minimum absolute atomic E-state index is 0.127. The maximum atomic E-state index is 12.3. The average molecular weight is 437 g/mol. The van der Waals surface area contributed by atoms with E-state index in [1.807, 2.05) is 54.6 Å². The van der Waals surface area contributed by atoms with Crippen LogP contribution in [0.5, 0.6) is 5.75 Å². The van der Waals surface area contributed by atoms with Crippen LogP contribution in [0, 0.1) is 0 Å². The molecule has 2 aromatic carbocycles. The highest BCUT2D eigenvalue weighted by atomic mass is 35.5. The Morgan fingerprint density at radius 3 is 2.81 bits per heavy atom. The summed E-state index contributed by atoms with van der Waals surface area (Å²) in [7, 11) is 1.59. The number of benzene rings is 2. The maximum Gasteiger partial charge on any atom is 0.224 e. The van der Waals surface area contributed by atoms with Crippen molar-refractivity contribution in [2.24, 2.45) is 0 Å². The van der Waals surface area contributed by atoms with E-state index in [9.17, 15) is 4.79 Å². The summed E-state index contributed by atoms with van der Waals surface area (Å²) in [4.78, 5) is 12.3. The molecule has 158 valence electrons. The Bertz CT molecular complexity index is 1210. The SMILES string of the molecule is COc1cccc(NC(=O)CCc2nnc3ccc(NCc4ccccc4Cl)nn23)c1. The summed E-state index contributed by atoms with van der Waals surface area (Å²) in [5, 5.41) is 19.7. The summed E-state index contributed by atoms with van der Waals surface area (Å²) >= 11 is 6.21. The van der Waals surface area contributed by atoms with Crippen molar-refractivity contribution in [3.05, 3.63) is 77.1 Å². The van der Waals surface area contributed by atoms with E-state index in [0.29, 0.717) is 46.7 Å². The van der Waals surface area contributed by atoms with E-state index in [1.165, 1.54) is 0 Å². The normalized spacial score (nSPS) is 10.8. The highest BCUT2D eigenvalue weighted by Crippen LogP contribution is 2.18. The first kappa shape index (κ1) is 20.6. The minimum Gasteiger partial charge on any atom is -0.497 e. The van der Waals surface area contributed by atoms with Gasteiger partial charge in [0.25, 0.3) is 0 Å². The number of ether oxygens (including phenoxy) is 1. The first-order valence-electron chi connectivity index (χ1n) is 9.75. The fraction of sp³-hybridized carbons (Fsp3) is 0.182. The van der Waals surface area contributed by atoms with Gasteiger partial charge in [-0.25, -0.2) is 0 Å². The van der Waals surface area contributed by atoms with Crippen LogP contribution in [0.3, 0.4) is 0 Å². The molecular weight excluding hydrogens is 416 g/mol. The standard InChI is InChI=1S/C22H21ClN6O2/c1-31-17-7-4-6-16(13-17)25-22(30)12-11-21-27-26-20-10-9-19(28-29(20)21)24-14-15-5-2-3-8-18(15)23/h2-10,13H,11-12,14H2,1H3,(H,24,28)(H,25,30). The van der Waals surface area contributed by atoms with Crippen molar-refractivity contribution in [3.63, 3.8) is 0 Å². The van der Waals surface area contributed by atoms with Crippen molar-refractivity contribution in [1.29, 1.82) is 0 Å². The van der Waals surface area contributed by atoms with Crippen molar-refractivity contribution in [2.45, 2.75) is 19.4 Å². The number of hydrogen-bond donors (Lipinski definition) is 2. The van der Waals surface area contributed by atoms with Crippen molar-refractivity contribution in [2.75, 3.05) is 17.7 Å². The molecule has 0 bridgehead atoms. The fourth-order valence-electron chi connectivity index (χ4n) is 3.06. The van der Waals surface area contributed by atoms with E-state index in [-0.39, 0.29) is 12.3 Å². The van der Waals surface area contributed by atoms with E-state index < -0.39 is 0 Å². The fourth-order valence-corrected chi connectivity index (χ4v) is 3.26. The number of hydrogen-bond acceptors (Lipinski definition) is 6. The lowest BCUT2D eigenvalue weighted by molar-refractivity contribution is -0.116. The highest BCUT2D eigenvalue weighted by Gasteiger charge is 2.11. The quantitative estimate of drug-likeness (QED) is 0.434. The summed E-state index contributed by atoms with van der Waals surface area (Å²) < 4.78 is 6.82. The Kier molecular flexibility index (Phi) is 6.28. The molecule has 0 atom stereocenters. The van der Waals surface area contributed by atoms with Crippen molar-refractivity contribution < 1.29 is 9.53 Å². The van der Waals surface area contributed by atoms with Gasteiger partial charge in [-0.2, -0.15) is 4.52 Å². The molecule has 2 heterocycles. The number of rotatable bonds is 8. The summed E-state index contributed by atoms with van der Waals surface area (Å²) in [6.45, 7) is 0.540. The van der Waals surface area contributed by atoms with Crippen molar-refractivity contribution >= 4 is 34.7 Å². The van der Waals surface area contributed by atoms with E-state index >= 15 is 0 Å². The van der Waals surface area contributed by atoms with Crippen LogP contribution in [-0.2, 0) is 17.8 Å². The van der Waals surface area contributed by atoms with Gasteiger partial charge in [0, 0.05) is 36.2 Å². The van der Waals surface area contributed by atoms with Crippen molar-refractivity contribution in [3.8, 4) is 5.75 Å². The second-order valence-electron chi connectivity index (χ2n) is 6.83. The van der Waals surface area contributed by atoms with E-state index in [1.54, 1.807) is 17.7 Å². The van der Waals surface area contributed by atoms with Crippen LogP contribution in [-0.4, -0.2) is 32.8 Å². The third-order valence-electron chi connectivity index (χ3n) is 4.67. The number of nitrogens with zero attached hydrogens (tertiary/aromatic N) is 4. The van der Waals surface area contributed by atoms with Gasteiger partial charge in [0.2, 0.25) is 5.91 Å². The Balaban J connectivity index is 1.40. The Morgan fingerprint density at radius 2 is 1.97 bits per heavy atom. The molecule has 0 saturated heterocycles. The maximum absolute atomic E-state index is 12.3. The van der Waals surface area contributed by atoms with Gasteiger partial charge in [-0.15, -0.1) is 15.3 Å². The molecule has 0 spiro atoms. The second-order valence-corrected chi connectivity index (χ2v) is 7.24. The number of anilines is 2. The van der Waals surface area contributed by atoms with E-state index in [0.717, 1.165) is 5.56 Å². The van der Waals surface area contributed by atoms with Crippen LogP contribution < -0.4 is 15.4 Å². The summed E-state index contributed by atoms with van der Waals surface area (Å²) in [6.07, 6.45) is 0.648. The third-order valence-corrected chi connectivity index (χ3v) is 5.04. The third kappa shape index (κ3) is 5.10. The number of amides is 1. The zero-order valence-electron chi connectivity index (χ0n) is 16.9. The molecule has 31 heavy (non-hydrogen) atoms. The molecule has 0 saturated carbocycles. The summed E-state index contributed by atoms with van der Waals surface area (Å²) in [5.41, 5.74) is 2.27. The zero-order valence-corrected chi connectivity index (χ0v) is 17.6. The molecule has 4 aromatic rings. The molecule has 0 aliphatic carbocycles. The molecule has 0 radical (unpaired) electrons. The van der Waals surface area contributed by atoms with Crippen LogP contribution in [0.2, 0.25) is 5.02 Å². The van der Waals surface area contributed by atoms with Gasteiger partial charge < -0.3 is 15.4 Å². The Morgan fingerprint density at radius 1 is 1.10 bits per heavy atom. The van der Waals surface area contributed by atoms with Crippen molar-refractivity contribution in [1.82, 2.24) is 19.8 Å². The molecule has 4 rings (SSSR count). The predicted octanol–water partition coefficient (Wildman–Crippen LogP) is 3.97. The van der Waals surface area contributed by atoms with E-state index in [4.69, 9.17) is 16.3 Å². The number of nitrogens with one attached hydrogen (secondary N) is 2. The number of halogens is 1. The zero-order chi connectivity index (χ0) is 21.6. The number of aryl methyl sites for hydroxylation is 1. The second kappa shape index (κ2) is 9.44. The Labute approximate surface area is 184 Å². The monoisotopic (exact) mass is 436 g/mol. The molecule has 0 unspecified atom stereocenters. The smallest absolute Gasteiger partial charge is 0.224 e. The van der Waals surface area contributed by atoms with E-state index in [2.05, 4.69) is 25.9 Å². The Hall–Kier alpha value is -3.65. The molecule has 8 nitrogen and oxygen atoms in total. The average Bonchev–Trinajstić information content (AvgIpc) is 3.19. The predicted molar refractivity (Wildman–Crippen MR) is 120 cm³/mol. The van der Waals surface area contributed by atoms with Crippen LogP contribution in [0.4, 0.5) is 11.5 Å². The minimum atomic E-state index is -0.127. The highest BCUT2D eigenvalue weighted by molar-refractivity contribution is 6.31. The molecule has 0 fully saturated rings. The molecule has 2 aromatic heterocycles. The number of aromatic nitrogens is 4. The number of carbonyl (C=O) groups excluding carboxylic acids is 1. The molecule has 0 aliphatic rings. The topological polar surface area (TPSA) is 93.4 Å². The molecule has 1 amide bonds. The summed E-state index contributed by atoms with van der Waals surface area (Å²) in [5.74, 6) is 1.83. The van der Waals surface area contributed by atoms with Crippen LogP contribution in [0.15, 0.2) is 60.7 Å². The van der Waals surface area contributed by atoms with Gasteiger partial charge in [0.15, 0.2) is 11.5 Å². The number of carbonyl (C=O) groups is 1. The molecular formula is C22H21ClN6O2. The van der Waals surface area contributed by atoms with Gasteiger partial charge in [-0.3, -0.25) is 4.79 Å². The first-order chi connectivity index (χ1) is 15.1. The largest absolute Gasteiger partial charge is 0.497 e. The summed E-state index contributed by atoms with van der Waals surface area (Å²) in [6, 6.07) is 18.5. The first-order valence-corrected chi connectivity index (χ1v) is 10.1. The molecule has 9 heteroatoms. The molecule has 0 aliphatic heterocycles. The lowest BCUT2D eigenvalue weighted by Gasteiger charge is -2.08. The van der Waals surface area contributed by atoms with Crippen LogP contribution in [0.25, 0.3) is 5.65 Å². The van der Waals surface area contributed by atoms with Gasteiger partial charge in [-0.1, -0.05) is 35.9 Å². The van der Waals surface area contributed by atoms with Gasteiger partial charge >= 0.3 is 0 Å². The number of methoxy groups -OCH3 is 1. The lowest BCUT2D eigenvalue weighted by atomic mass is 10.2. The van der Waals surface area contributed by atoms with Gasteiger partial charge in [0.05, 0.1) is 7.11 Å². The van der Waals surface area contributed by atoms with Crippen LogP contribution >= 0.6 is 11.6 Å². The van der Waals surface area contributed by atoms with Gasteiger partial charge in [0.1, 0.15) is 11.6 Å². The van der Waals surface area contributed by atoms with Gasteiger partial charge in [-0.05, 0) is 35.9 Å². The molecule has 2 N–H and O–H groups in total. The van der Waals surface area contributed by atoms with Crippen LogP contribution in [0.1, 0.15) is 17.8 Å².